The highest BCUT2D eigenvalue weighted by Crippen LogP contribution is 2.36. The first-order valence-electron chi connectivity index (χ1n) is 7.90. The Morgan fingerprint density at radius 2 is 1.73 bits per heavy atom. The number of para-hydroxylation sites is 1. The van der Waals surface area contributed by atoms with Gasteiger partial charge in [-0.2, -0.15) is 0 Å². The highest BCUT2D eigenvalue weighted by molar-refractivity contribution is 6.37. The van der Waals surface area contributed by atoms with E-state index < -0.39 is 5.91 Å². The Morgan fingerprint density at radius 1 is 0.962 bits per heavy atom. The second-order valence-electron chi connectivity index (χ2n) is 6.02. The van der Waals surface area contributed by atoms with Crippen molar-refractivity contribution in [2.75, 3.05) is 0 Å². The molecule has 2 N–H and O–H groups in total. The summed E-state index contributed by atoms with van der Waals surface area (Å²) in [7, 11) is 0. The fourth-order valence-electron chi connectivity index (χ4n) is 3.35. The average molecular weight is 404 g/mol. The number of rotatable bonds is 3. The monoisotopic (exact) mass is 402 g/mol. The first-order valence-corrected chi connectivity index (χ1v) is 9.04. The lowest BCUT2D eigenvalue weighted by molar-refractivity contribution is 0.100. The minimum Gasteiger partial charge on any atom is -0.366 e. The zero-order valence-electron chi connectivity index (χ0n) is 13.5. The van der Waals surface area contributed by atoms with Crippen LogP contribution in [-0.4, -0.2) is 10.5 Å². The van der Waals surface area contributed by atoms with Gasteiger partial charge in [0.25, 0.3) is 0 Å². The summed E-state index contributed by atoms with van der Waals surface area (Å²) in [5.74, 6) is -0.473. The smallest absolute Gasteiger partial charge is 0.249 e. The van der Waals surface area contributed by atoms with Gasteiger partial charge in [-0.15, -0.1) is 0 Å². The highest BCUT2D eigenvalue weighted by Gasteiger charge is 2.18. The Morgan fingerprint density at radius 3 is 2.46 bits per heavy atom. The number of benzene rings is 3. The molecule has 3 nitrogen and oxygen atoms in total. The van der Waals surface area contributed by atoms with E-state index in [-0.39, 0.29) is 0 Å². The molecule has 1 heterocycles. The number of hydrogen-bond donors (Lipinski definition) is 1. The van der Waals surface area contributed by atoms with E-state index in [2.05, 4.69) is 4.57 Å². The topological polar surface area (TPSA) is 48.0 Å². The van der Waals surface area contributed by atoms with Gasteiger partial charge in [0.2, 0.25) is 5.91 Å². The number of amides is 1. The van der Waals surface area contributed by atoms with Gasteiger partial charge in [0, 0.05) is 32.9 Å². The number of hydrogen-bond acceptors (Lipinski definition) is 1. The summed E-state index contributed by atoms with van der Waals surface area (Å²) >= 11 is 18.9. The van der Waals surface area contributed by atoms with Crippen molar-refractivity contribution in [1.29, 1.82) is 0 Å². The predicted octanol–water partition coefficient (Wildman–Crippen LogP) is 5.90. The highest BCUT2D eigenvalue weighted by atomic mass is 35.5. The fourth-order valence-corrected chi connectivity index (χ4v) is 4.09. The molecule has 4 aromatic rings. The zero-order chi connectivity index (χ0) is 18.4. The second-order valence-corrected chi connectivity index (χ2v) is 7.27. The Hall–Kier alpha value is -2.20. The number of nitrogens with zero attached hydrogens (tertiary/aromatic N) is 1. The molecule has 0 bridgehead atoms. The molecule has 0 aliphatic carbocycles. The standard InChI is InChI=1S/C20H13Cl3N2O/c21-12-8-7-11(16(23)9-12)10-25-17-6-2-4-14(20(24)26)18(17)13-3-1-5-15(22)19(13)25/h1-9H,10H2,(H2,24,26). The Balaban J connectivity index is 2.07. The normalized spacial score (nSPS) is 11.3. The molecule has 0 aliphatic heterocycles. The van der Waals surface area contributed by atoms with Crippen LogP contribution in [0.4, 0.5) is 0 Å². The molecule has 1 amide bonds. The van der Waals surface area contributed by atoms with E-state index in [0.717, 1.165) is 27.4 Å². The van der Waals surface area contributed by atoms with E-state index in [1.165, 1.54) is 0 Å². The third-order valence-electron chi connectivity index (χ3n) is 4.47. The van der Waals surface area contributed by atoms with Crippen molar-refractivity contribution >= 4 is 62.5 Å². The van der Waals surface area contributed by atoms with E-state index in [1.54, 1.807) is 18.2 Å². The fraction of sp³-hybridized carbons (Fsp3) is 0.0500. The number of primary amides is 1. The van der Waals surface area contributed by atoms with Crippen LogP contribution in [0.2, 0.25) is 15.1 Å². The van der Waals surface area contributed by atoms with Crippen LogP contribution >= 0.6 is 34.8 Å². The Bertz CT molecular complexity index is 1180. The Labute approximate surface area is 164 Å². The SMILES string of the molecule is NC(=O)c1cccc2c1c1cccc(Cl)c1n2Cc1ccc(Cl)cc1Cl. The number of carbonyl (C=O) groups is 1. The van der Waals surface area contributed by atoms with E-state index in [1.807, 2.05) is 36.4 Å². The van der Waals surface area contributed by atoms with E-state index >= 15 is 0 Å². The van der Waals surface area contributed by atoms with Crippen molar-refractivity contribution in [3.63, 3.8) is 0 Å². The molecule has 0 aliphatic rings. The molecule has 0 unspecified atom stereocenters. The molecule has 0 fully saturated rings. The van der Waals surface area contributed by atoms with Crippen LogP contribution < -0.4 is 5.73 Å². The minimum absolute atomic E-state index is 0.468. The van der Waals surface area contributed by atoms with Crippen LogP contribution in [0.25, 0.3) is 21.8 Å². The molecular weight excluding hydrogens is 391 g/mol. The first-order chi connectivity index (χ1) is 12.5. The maximum absolute atomic E-state index is 11.9. The number of carbonyl (C=O) groups excluding carboxylic acids is 1. The summed E-state index contributed by atoms with van der Waals surface area (Å²) in [6.45, 7) is 0.488. The lowest BCUT2D eigenvalue weighted by Gasteiger charge is -2.11. The molecule has 1 aromatic heterocycles. The van der Waals surface area contributed by atoms with Crippen molar-refractivity contribution in [3.05, 3.63) is 80.8 Å². The van der Waals surface area contributed by atoms with Gasteiger partial charge in [0.05, 0.1) is 16.1 Å². The van der Waals surface area contributed by atoms with Crippen molar-refractivity contribution in [2.24, 2.45) is 5.73 Å². The number of halogens is 3. The molecule has 0 saturated carbocycles. The maximum atomic E-state index is 11.9. The number of nitrogens with two attached hydrogens (primary N) is 1. The molecule has 130 valence electrons. The zero-order valence-corrected chi connectivity index (χ0v) is 15.7. The minimum atomic E-state index is -0.473. The van der Waals surface area contributed by atoms with Crippen molar-refractivity contribution in [2.45, 2.75) is 6.54 Å². The van der Waals surface area contributed by atoms with Crippen LogP contribution in [0.15, 0.2) is 54.6 Å². The van der Waals surface area contributed by atoms with Gasteiger partial charge in [-0.05, 0) is 35.9 Å². The molecule has 3 aromatic carbocycles. The van der Waals surface area contributed by atoms with Crippen molar-refractivity contribution in [3.8, 4) is 0 Å². The van der Waals surface area contributed by atoms with E-state index in [4.69, 9.17) is 40.5 Å². The van der Waals surface area contributed by atoms with Gasteiger partial charge in [0.15, 0.2) is 0 Å². The molecule has 6 heteroatoms. The van der Waals surface area contributed by atoms with Crippen LogP contribution in [0.1, 0.15) is 15.9 Å². The molecule has 0 radical (unpaired) electrons. The molecular formula is C20H13Cl3N2O. The van der Waals surface area contributed by atoms with E-state index in [9.17, 15) is 4.79 Å². The molecule has 4 rings (SSSR count). The van der Waals surface area contributed by atoms with Gasteiger partial charge in [-0.25, -0.2) is 0 Å². The molecule has 26 heavy (non-hydrogen) atoms. The van der Waals surface area contributed by atoms with Gasteiger partial charge in [-0.1, -0.05) is 59.1 Å². The van der Waals surface area contributed by atoms with Crippen LogP contribution in [0.3, 0.4) is 0 Å². The lowest BCUT2D eigenvalue weighted by atomic mass is 10.1. The summed E-state index contributed by atoms with van der Waals surface area (Å²) in [5, 5.41) is 3.43. The summed E-state index contributed by atoms with van der Waals surface area (Å²) < 4.78 is 2.05. The van der Waals surface area contributed by atoms with Crippen LogP contribution in [-0.2, 0) is 6.54 Å². The summed E-state index contributed by atoms with van der Waals surface area (Å²) in [5.41, 5.74) is 8.67. The van der Waals surface area contributed by atoms with Crippen molar-refractivity contribution in [1.82, 2.24) is 4.57 Å². The number of aromatic nitrogens is 1. The van der Waals surface area contributed by atoms with Gasteiger partial charge in [-0.3, -0.25) is 4.79 Å². The predicted molar refractivity (Wildman–Crippen MR) is 109 cm³/mol. The molecule has 0 saturated heterocycles. The molecule has 0 atom stereocenters. The largest absolute Gasteiger partial charge is 0.366 e. The summed E-state index contributed by atoms with van der Waals surface area (Å²) in [6.07, 6.45) is 0. The van der Waals surface area contributed by atoms with Gasteiger partial charge < -0.3 is 10.3 Å². The van der Waals surface area contributed by atoms with Crippen molar-refractivity contribution < 1.29 is 4.79 Å². The quantitative estimate of drug-likeness (QED) is 0.455. The third-order valence-corrected chi connectivity index (χ3v) is 5.36. The molecule has 0 spiro atoms. The number of fused-ring (bicyclic) bond motifs is 3. The van der Waals surface area contributed by atoms with Gasteiger partial charge >= 0.3 is 0 Å². The lowest BCUT2D eigenvalue weighted by Crippen LogP contribution is -2.11. The second kappa shape index (κ2) is 6.51. The Kier molecular flexibility index (Phi) is 4.31. The summed E-state index contributed by atoms with van der Waals surface area (Å²) in [4.78, 5) is 11.9. The van der Waals surface area contributed by atoms with Gasteiger partial charge in [0.1, 0.15) is 0 Å². The van der Waals surface area contributed by atoms with Crippen LogP contribution in [0.5, 0.6) is 0 Å². The third kappa shape index (κ3) is 2.73. The maximum Gasteiger partial charge on any atom is 0.249 e. The first kappa shape index (κ1) is 17.2. The average Bonchev–Trinajstić information content (AvgIpc) is 2.92. The van der Waals surface area contributed by atoms with Crippen LogP contribution in [0, 0.1) is 0 Å². The van der Waals surface area contributed by atoms with E-state index in [0.29, 0.717) is 27.2 Å². The summed E-state index contributed by atoms with van der Waals surface area (Å²) in [6, 6.07) is 16.5.